The lowest BCUT2D eigenvalue weighted by molar-refractivity contribution is -0.117. The van der Waals surface area contributed by atoms with Gasteiger partial charge in [0.2, 0.25) is 5.91 Å². The topological polar surface area (TPSA) is 62.6 Å². The van der Waals surface area contributed by atoms with Gasteiger partial charge in [0.05, 0.1) is 42.1 Å². The molecule has 7 nitrogen and oxygen atoms in total. The van der Waals surface area contributed by atoms with Crippen molar-refractivity contribution in [1.29, 1.82) is 0 Å². The Hall–Kier alpha value is -3.32. The summed E-state index contributed by atoms with van der Waals surface area (Å²) in [6, 6.07) is 17.7. The normalized spacial score (nSPS) is 14.5. The van der Waals surface area contributed by atoms with Gasteiger partial charge in [-0.2, -0.15) is 5.10 Å². The van der Waals surface area contributed by atoms with Crippen molar-refractivity contribution in [3.63, 3.8) is 0 Å². The van der Waals surface area contributed by atoms with Gasteiger partial charge in [0, 0.05) is 26.2 Å². The van der Waals surface area contributed by atoms with E-state index >= 15 is 0 Å². The summed E-state index contributed by atoms with van der Waals surface area (Å²) in [5, 5.41) is 7.73. The summed E-state index contributed by atoms with van der Waals surface area (Å²) in [5.74, 6) is 0.643. The smallest absolute Gasteiger partial charge is 0.238 e. The molecule has 1 N–H and O–H groups in total. The van der Waals surface area contributed by atoms with Gasteiger partial charge in [-0.15, -0.1) is 0 Å². The van der Waals surface area contributed by atoms with Crippen LogP contribution in [0.4, 0.5) is 11.4 Å². The first-order valence-corrected chi connectivity index (χ1v) is 10.6. The Balaban J connectivity index is 1.37. The number of nitrogens with one attached hydrogen (secondary N) is 1. The molecule has 1 aromatic heterocycles. The number of amides is 1. The molecule has 3 aromatic rings. The van der Waals surface area contributed by atoms with Crippen molar-refractivity contribution in [3.8, 4) is 11.4 Å². The number of carbonyl (C=O) groups is 1. The molecule has 1 fully saturated rings. The Kier molecular flexibility index (Phi) is 6.23. The van der Waals surface area contributed by atoms with Crippen LogP contribution >= 0.6 is 0 Å². The van der Waals surface area contributed by atoms with Crippen LogP contribution in [0.2, 0.25) is 0 Å². The Morgan fingerprint density at radius 3 is 2.39 bits per heavy atom. The minimum atomic E-state index is -0.0257. The van der Waals surface area contributed by atoms with Gasteiger partial charge in [-0.05, 0) is 38.1 Å². The predicted molar refractivity (Wildman–Crippen MR) is 123 cm³/mol. The van der Waals surface area contributed by atoms with E-state index in [1.54, 1.807) is 7.11 Å². The molecule has 0 unspecified atom stereocenters. The number of aryl methyl sites for hydroxylation is 1. The second kappa shape index (κ2) is 9.22. The van der Waals surface area contributed by atoms with E-state index in [1.165, 1.54) is 5.69 Å². The number of para-hydroxylation sites is 3. The average molecular weight is 420 g/mol. The fourth-order valence-electron chi connectivity index (χ4n) is 4.18. The molecule has 2 heterocycles. The van der Waals surface area contributed by atoms with Gasteiger partial charge in [-0.25, -0.2) is 4.68 Å². The van der Waals surface area contributed by atoms with Crippen molar-refractivity contribution in [2.45, 2.75) is 13.8 Å². The molecule has 162 valence electrons. The lowest BCUT2D eigenvalue weighted by atomic mass is 10.2. The van der Waals surface area contributed by atoms with Crippen LogP contribution in [0.15, 0.2) is 54.6 Å². The van der Waals surface area contributed by atoms with Gasteiger partial charge in [-0.1, -0.05) is 30.3 Å². The fourth-order valence-corrected chi connectivity index (χ4v) is 4.18. The van der Waals surface area contributed by atoms with Crippen LogP contribution < -0.4 is 15.0 Å². The third-order valence-corrected chi connectivity index (χ3v) is 5.69. The zero-order valence-corrected chi connectivity index (χ0v) is 18.3. The Bertz CT molecular complexity index is 1040. The highest BCUT2D eigenvalue weighted by Crippen LogP contribution is 2.28. The summed E-state index contributed by atoms with van der Waals surface area (Å²) < 4.78 is 7.32. The van der Waals surface area contributed by atoms with Crippen LogP contribution in [0.3, 0.4) is 0 Å². The lowest BCUT2D eigenvalue weighted by Gasteiger charge is -2.35. The molecule has 7 heteroatoms. The van der Waals surface area contributed by atoms with Gasteiger partial charge < -0.3 is 15.0 Å². The number of hydrogen-bond acceptors (Lipinski definition) is 5. The van der Waals surface area contributed by atoms with Gasteiger partial charge >= 0.3 is 0 Å². The maximum atomic E-state index is 12.5. The van der Waals surface area contributed by atoms with Crippen LogP contribution in [-0.2, 0) is 4.79 Å². The van der Waals surface area contributed by atoms with Gasteiger partial charge in [-0.3, -0.25) is 9.69 Å². The molecule has 31 heavy (non-hydrogen) atoms. The summed E-state index contributed by atoms with van der Waals surface area (Å²) in [7, 11) is 1.61. The second-order valence-electron chi connectivity index (χ2n) is 7.78. The molecule has 1 aliphatic heterocycles. The zero-order valence-electron chi connectivity index (χ0n) is 18.3. The number of hydrogen-bond donors (Lipinski definition) is 1. The molecule has 4 rings (SSSR count). The van der Waals surface area contributed by atoms with E-state index in [0.717, 1.165) is 43.3 Å². The van der Waals surface area contributed by atoms with Gasteiger partial charge in [0.15, 0.2) is 0 Å². The standard InChI is InChI=1S/C24H29N5O2/c1-18-24(19(2)29(26-18)20-9-5-4-6-10-20)28-15-13-27(14-16-28)17-23(30)25-21-11-7-8-12-22(21)31-3/h4-12H,13-17H2,1-3H3,(H,25,30). The minimum absolute atomic E-state index is 0.0257. The number of rotatable bonds is 6. The van der Waals surface area contributed by atoms with Crippen LogP contribution in [-0.4, -0.2) is 60.4 Å². The Labute approximate surface area is 183 Å². The molecule has 0 aliphatic carbocycles. The van der Waals surface area contributed by atoms with Crippen molar-refractivity contribution in [1.82, 2.24) is 14.7 Å². The molecule has 1 aliphatic rings. The maximum absolute atomic E-state index is 12.5. The Morgan fingerprint density at radius 1 is 1.00 bits per heavy atom. The number of anilines is 2. The van der Waals surface area contributed by atoms with E-state index < -0.39 is 0 Å². The molecule has 1 amide bonds. The number of benzene rings is 2. The number of nitrogens with zero attached hydrogens (tertiary/aromatic N) is 4. The van der Waals surface area contributed by atoms with E-state index in [-0.39, 0.29) is 5.91 Å². The van der Waals surface area contributed by atoms with Crippen LogP contribution in [0.1, 0.15) is 11.4 Å². The van der Waals surface area contributed by atoms with Crippen molar-refractivity contribution >= 4 is 17.3 Å². The molecular weight excluding hydrogens is 390 g/mol. The average Bonchev–Trinajstić information content (AvgIpc) is 3.09. The van der Waals surface area contributed by atoms with Gasteiger partial charge in [0.1, 0.15) is 5.75 Å². The molecular formula is C24H29N5O2. The first-order valence-electron chi connectivity index (χ1n) is 10.6. The number of aromatic nitrogens is 2. The van der Waals surface area contributed by atoms with E-state index in [0.29, 0.717) is 18.0 Å². The Morgan fingerprint density at radius 2 is 1.68 bits per heavy atom. The number of methoxy groups -OCH3 is 1. The summed E-state index contributed by atoms with van der Waals surface area (Å²) in [6.07, 6.45) is 0. The van der Waals surface area contributed by atoms with E-state index in [4.69, 9.17) is 9.84 Å². The molecule has 1 saturated heterocycles. The molecule has 0 saturated carbocycles. The zero-order chi connectivity index (χ0) is 21.8. The third kappa shape index (κ3) is 4.56. The van der Waals surface area contributed by atoms with E-state index in [9.17, 15) is 4.79 Å². The number of carbonyl (C=O) groups excluding carboxylic acids is 1. The van der Waals surface area contributed by atoms with Crippen LogP contribution in [0.5, 0.6) is 5.75 Å². The quantitative estimate of drug-likeness (QED) is 0.665. The highest BCUT2D eigenvalue weighted by atomic mass is 16.5. The van der Waals surface area contributed by atoms with Crippen molar-refractivity contribution < 1.29 is 9.53 Å². The minimum Gasteiger partial charge on any atom is -0.495 e. The highest BCUT2D eigenvalue weighted by molar-refractivity contribution is 5.93. The van der Waals surface area contributed by atoms with Crippen molar-refractivity contribution in [3.05, 3.63) is 66.0 Å². The first-order chi connectivity index (χ1) is 15.1. The fraction of sp³-hybridized carbons (Fsp3) is 0.333. The summed E-state index contributed by atoms with van der Waals surface area (Å²) in [4.78, 5) is 17.1. The maximum Gasteiger partial charge on any atom is 0.238 e. The SMILES string of the molecule is COc1ccccc1NC(=O)CN1CCN(c2c(C)nn(-c3ccccc3)c2C)CC1. The summed E-state index contributed by atoms with van der Waals surface area (Å²) in [6.45, 7) is 7.94. The predicted octanol–water partition coefficient (Wildman–Crippen LogP) is 3.26. The van der Waals surface area contributed by atoms with E-state index in [1.807, 2.05) is 47.1 Å². The number of piperazine rings is 1. The monoisotopic (exact) mass is 419 g/mol. The largest absolute Gasteiger partial charge is 0.495 e. The highest BCUT2D eigenvalue weighted by Gasteiger charge is 2.24. The van der Waals surface area contributed by atoms with Crippen LogP contribution in [0.25, 0.3) is 5.69 Å². The molecule has 2 aromatic carbocycles. The second-order valence-corrected chi connectivity index (χ2v) is 7.78. The van der Waals surface area contributed by atoms with Crippen molar-refractivity contribution in [2.75, 3.05) is 50.1 Å². The van der Waals surface area contributed by atoms with Gasteiger partial charge in [0.25, 0.3) is 0 Å². The molecule has 0 bridgehead atoms. The van der Waals surface area contributed by atoms with E-state index in [2.05, 4.69) is 41.1 Å². The third-order valence-electron chi connectivity index (χ3n) is 5.69. The molecule has 0 atom stereocenters. The van der Waals surface area contributed by atoms with Crippen molar-refractivity contribution in [2.24, 2.45) is 0 Å². The summed E-state index contributed by atoms with van der Waals surface area (Å²) >= 11 is 0. The number of ether oxygens (including phenoxy) is 1. The van der Waals surface area contributed by atoms with Crippen LogP contribution in [0, 0.1) is 13.8 Å². The lowest BCUT2D eigenvalue weighted by Crippen LogP contribution is -2.49. The molecule has 0 radical (unpaired) electrons. The first kappa shape index (κ1) is 20.9. The molecule has 0 spiro atoms. The summed E-state index contributed by atoms with van der Waals surface area (Å²) in [5.41, 5.74) is 5.14.